The van der Waals surface area contributed by atoms with Crippen LogP contribution in [0.2, 0.25) is 0 Å². The van der Waals surface area contributed by atoms with Gasteiger partial charge in [-0.2, -0.15) is 11.8 Å². The Bertz CT molecular complexity index is 4140. The lowest BCUT2D eigenvalue weighted by Crippen LogP contribution is -2.64. The van der Waals surface area contributed by atoms with Crippen molar-refractivity contribution in [1.29, 1.82) is 0 Å². The number of amides is 16. The van der Waals surface area contributed by atoms with Gasteiger partial charge in [0.15, 0.2) is 0 Å². The van der Waals surface area contributed by atoms with Crippen LogP contribution in [-0.2, 0) is 94.3 Å². The molecule has 632 valence electrons. The number of nitrogens with one attached hydrogen (secondary N) is 12. The van der Waals surface area contributed by atoms with Gasteiger partial charge in [-0.05, 0) is 123 Å². The zero-order valence-electron chi connectivity index (χ0n) is 64.5. The smallest absolute Gasteiger partial charge is 0.303 e. The van der Waals surface area contributed by atoms with E-state index in [1.807, 2.05) is 6.07 Å². The third-order valence-electron chi connectivity index (χ3n) is 18.0. The minimum absolute atomic E-state index is 0.00224. The molecule has 0 aromatic heterocycles. The van der Waals surface area contributed by atoms with E-state index in [9.17, 15) is 72.5 Å². The van der Waals surface area contributed by atoms with Gasteiger partial charge in [-0.1, -0.05) is 66.7 Å². The number of fused-ring (bicyclic) bond motifs is 1. The summed E-state index contributed by atoms with van der Waals surface area (Å²) >= 11 is 0.900. The fourth-order valence-corrected chi connectivity index (χ4v) is 12.9. The number of aliphatic hydroxyl groups is 1. The summed E-state index contributed by atoms with van der Waals surface area (Å²) in [5.41, 5.74) is 37.6. The Morgan fingerprint density at radius 3 is 1.71 bits per heavy atom. The van der Waals surface area contributed by atoms with Crippen LogP contribution in [0.25, 0.3) is 10.8 Å². The third kappa shape index (κ3) is 32.1. The van der Waals surface area contributed by atoms with Gasteiger partial charge >= 0.3 is 5.97 Å². The summed E-state index contributed by atoms with van der Waals surface area (Å²) < 4.78 is 11.3. The van der Waals surface area contributed by atoms with E-state index in [-0.39, 0.29) is 82.0 Å². The molecule has 0 aliphatic carbocycles. The number of thioether (sulfide) groups is 1. The average Bonchev–Trinajstić information content (AvgIpc) is 0.815. The molecular weight excluding hydrogens is 1540 g/mol. The molecule has 0 radical (unpaired) electrons. The molecule has 0 spiro atoms. The Morgan fingerprint density at radius 2 is 1.14 bits per heavy atom. The molecule has 116 heavy (non-hydrogen) atoms. The lowest BCUT2D eigenvalue weighted by atomic mass is 9.91. The second-order valence-electron chi connectivity index (χ2n) is 27.6. The number of carbonyl (C=O) groups is 17. The van der Waals surface area contributed by atoms with Crippen molar-refractivity contribution < 1.29 is 101 Å². The molecule has 1 fully saturated rings. The summed E-state index contributed by atoms with van der Waals surface area (Å²) in [7, 11) is 0. The average molecular weight is 1640 g/mol. The van der Waals surface area contributed by atoms with Gasteiger partial charge in [0.2, 0.25) is 94.5 Å². The van der Waals surface area contributed by atoms with E-state index < -0.39 is 236 Å². The Hall–Kier alpha value is -12.1. The normalized spacial score (nSPS) is 18.8. The lowest BCUT2D eigenvalue weighted by molar-refractivity contribution is -0.140. The summed E-state index contributed by atoms with van der Waals surface area (Å²) in [5, 5.41) is 52.2. The Balaban J connectivity index is 1.68. The maximum Gasteiger partial charge on any atom is 0.303 e. The summed E-state index contributed by atoms with van der Waals surface area (Å²) in [4.78, 5) is 235. The first kappa shape index (κ1) is 94.5. The second-order valence-corrected chi connectivity index (χ2v) is 28.8. The highest BCUT2D eigenvalue weighted by Gasteiger charge is 2.42. The van der Waals surface area contributed by atoms with Gasteiger partial charge in [-0.25, -0.2) is 0 Å². The van der Waals surface area contributed by atoms with Crippen molar-refractivity contribution in [3.8, 4) is 11.5 Å². The number of primary amides is 4. The molecule has 1 aliphatic rings. The number of unbranched alkanes of at least 4 members (excludes halogenated alkanes) is 1. The number of benzene rings is 4. The predicted molar refractivity (Wildman–Crippen MR) is 420 cm³/mol. The van der Waals surface area contributed by atoms with Crippen molar-refractivity contribution in [3.05, 3.63) is 108 Å². The van der Waals surface area contributed by atoms with Gasteiger partial charge in [0.25, 0.3) is 0 Å². The summed E-state index contributed by atoms with van der Waals surface area (Å²) in [6.45, 7) is 3.24. The number of carboxylic acids is 1. The van der Waals surface area contributed by atoms with E-state index in [2.05, 4.69) is 63.8 Å². The first-order valence-electron chi connectivity index (χ1n) is 37.3. The SMILES string of the molecule is CC(=O)N[C@H]1CCSC[C@@H](C(=O)N[C@@H](Cc2ccc(OCCN)cc2)C(=O)N[C@@H](Cc2ccc3ccccc3c2)C(=O)N[C@@](C)(CCCCN)C(=O)N[C@@H](CCC(=O)O)C(=O)N[C@@H](CC(N)=O)C(=O)NCC(N)=O)NC(=O)[C@H](CCC(N)=O)NC(=O)[C@H](c2ccc(OCCN)cc2)NC(=O)[C@H]([C@@H](C)O)NC(=O)[C@H](CCC(N)=O)NC1=O. The summed E-state index contributed by atoms with van der Waals surface area (Å²) in [5.74, 6) is -18.5. The molecule has 40 nitrogen and oxygen atoms in total. The Kier molecular flexibility index (Phi) is 38.8. The van der Waals surface area contributed by atoms with Crippen LogP contribution in [0.4, 0.5) is 0 Å². The number of hydrogen-bond donors (Lipinski definition) is 21. The maximum absolute atomic E-state index is 15.7. The molecule has 41 heteroatoms. The van der Waals surface area contributed by atoms with Crippen molar-refractivity contribution in [2.75, 3.05) is 50.9 Å². The molecule has 0 unspecified atom stereocenters. The van der Waals surface area contributed by atoms with Crippen molar-refractivity contribution in [2.24, 2.45) is 40.1 Å². The number of rotatable bonds is 41. The van der Waals surface area contributed by atoms with Crippen LogP contribution < -0.4 is 113 Å². The fourth-order valence-electron chi connectivity index (χ4n) is 11.9. The number of aliphatic carboxylic acids is 1. The van der Waals surface area contributed by atoms with E-state index in [4.69, 9.17) is 49.6 Å². The standard InChI is InChI=1S/C75H105N19O21S/c1-40(95)62-72(111)93-63(45-14-18-48(19-15-45)115-32-30-78)73(112)86-49(20-23-57(79)97)65(104)90-56(39-116-33-26-52(84-41(2)96)67(106)85-50(68(107)92-62)21-24-58(80)98)70(109)87-53(35-42-11-16-47(17-12-42)114-31-29-77)69(108)88-54(36-43-10-13-44-8-4-5-9-46(44)34-43)71(110)94-75(3,27-6-7-28-76)74(113)91-51(22-25-61(101)102)66(105)89-55(37-59(81)99)64(103)83-38-60(82)100/h4-5,8-19,34,40,49-56,62-63,95H,6-7,20-33,35-39,76-78H2,1-3H3,(H2,79,97)(H2,80,98)(H2,81,99)(H2,82,100)(H,83,103)(H,84,96)(H,85,106)(H,86,112)(H,87,109)(H,88,108)(H,89,105)(H,90,104)(H,91,113)(H,92,107)(H,93,111)(H,94,110)(H,101,102)/t40-,49+,50+,51+,52+,53+,54+,55+,56+,62+,63+,75+/m1/s1. The first-order valence-corrected chi connectivity index (χ1v) is 38.4. The fraction of sp³-hybridized carbons (Fsp3) is 0.480. The third-order valence-corrected chi connectivity index (χ3v) is 19.1. The molecule has 28 N–H and O–H groups in total. The summed E-state index contributed by atoms with van der Waals surface area (Å²) in [6, 6.07) is 6.32. The molecule has 5 rings (SSSR count). The van der Waals surface area contributed by atoms with Crippen LogP contribution in [-0.4, -0.2) is 228 Å². The van der Waals surface area contributed by atoms with Crippen LogP contribution >= 0.6 is 11.8 Å². The zero-order chi connectivity index (χ0) is 85.8. The number of carboxylic acid groups (broad SMARTS) is 1. The van der Waals surface area contributed by atoms with Gasteiger partial charge < -0.3 is 124 Å². The Morgan fingerprint density at radius 1 is 0.578 bits per heavy atom. The van der Waals surface area contributed by atoms with Gasteiger partial charge in [-0.3, -0.25) is 81.5 Å². The highest BCUT2D eigenvalue weighted by Crippen LogP contribution is 2.24. The molecule has 1 aliphatic heterocycles. The van der Waals surface area contributed by atoms with Crippen molar-refractivity contribution in [1.82, 2.24) is 63.8 Å². The van der Waals surface area contributed by atoms with Gasteiger partial charge in [-0.15, -0.1) is 0 Å². The first-order chi connectivity index (χ1) is 55.0. The van der Waals surface area contributed by atoms with Gasteiger partial charge in [0.05, 0.1) is 19.1 Å². The molecule has 0 bridgehead atoms. The maximum atomic E-state index is 15.7. The molecule has 1 saturated heterocycles. The zero-order valence-corrected chi connectivity index (χ0v) is 65.3. The number of ether oxygens (including phenoxy) is 2. The van der Waals surface area contributed by atoms with Crippen molar-refractivity contribution >= 4 is 123 Å². The van der Waals surface area contributed by atoms with Crippen LogP contribution in [0.15, 0.2) is 91.0 Å². The minimum Gasteiger partial charge on any atom is -0.492 e. The topological polar surface area (TPSA) is 676 Å². The molecule has 16 amide bonds. The van der Waals surface area contributed by atoms with Crippen LogP contribution in [0.5, 0.6) is 11.5 Å². The number of aliphatic hydroxyl groups excluding tert-OH is 1. The van der Waals surface area contributed by atoms with Gasteiger partial charge in [0.1, 0.15) is 90.7 Å². The van der Waals surface area contributed by atoms with E-state index >= 15 is 19.2 Å². The van der Waals surface area contributed by atoms with E-state index in [1.54, 1.807) is 48.5 Å². The van der Waals surface area contributed by atoms with Crippen LogP contribution in [0, 0.1) is 0 Å². The highest BCUT2D eigenvalue weighted by atomic mass is 32.2. The van der Waals surface area contributed by atoms with Crippen molar-refractivity contribution in [2.45, 2.75) is 176 Å². The van der Waals surface area contributed by atoms with E-state index in [1.165, 1.54) is 43.3 Å². The van der Waals surface area contributed by atoms with Crippen LogP contribution in [0.3, 0.4) is 0 Å². The molecule has 4 aromatic rings. The van der Waals surface area contributed by atoms with Crippen LogP contribution in [0.1, 0.15) is 114 Å². The molecule has 4 aromatic carbocycles. The second kappa shape index (κ2) is 47.6. The lowest BCUT2D eigenvalue weighted by Gasteiger charge is -2.34. The number of nitrogens with two attached hydrogens (primary N) is 7. The predicted octanol–water partition coefficient (Wildman–Crippen LogP) is -6.07. The highest BCUT2D eigenvalue weighted by molar-refractivity contribution is 7.99. The molecule has 0 saturated carbocycles. The van der Waals surface area contributed by atoms with Crippen molar-refractivity contribution in [3.63, 3.8) is 0 Å². The van der Waals surface area contributed by atoms with Gasteiger partial charge in [0, 0.05) is 57.9 Å². The minimum atomic E-state index is -2.10. The largest absolute Gasteiger partial charge is 0.492 e. The molecular formula is C75H105N19O21S. The number of carbonyl (C=O) groups excluding carboxylic acids is 16. The molecule has 12 atom stereocenters. The monoisotopic (exact) mass is 1640 g/mol. The van der Waals surface area contributed by atoms with E-state index in [0.717, 1.165) is 31.0 Å². The summed E-state index contributed by atoms with van der Waals surface area (Å²) in [6.07, 6.45) is -7.08. The molecule has 1 heterocycles. The Labute approximate surface area is 671 Å². The van der Waals surface area contributed by atoms with E-state index in [0.29, 0.717) is 22.3 Å². The quantitative estimate of drug-likeness (QED) is 0.0184. The number of hydrogen-bond acceptors (Lipinski definition) is 24.